The molecule has 0 aliphatic carbocycles. The van der Waals surface area contributed by atoms with E-state index >= 15 is 0 Å². The Hall–Kier alpha value is -3.67. The van der Waals surface area contributed by atoms with Crippen LogP contribution in [0.3, 0.4) is 0 Å². The third-order valence-electron chi connectivity index (χ3n) is 6.69. The Morgan fingerprint density at radius 2 is 0.875 bits per heavy atom. The molecule has 0 aliphatic rings. The maximum Gasteiger partial charge on any atom is 0.277 e. The molecular weight excluding hydrogens is 571 g/mol. The number of benzene rings is 4. The molecular formula is C29H29NO7S3. The van der Waals surface area contributed by atoms with Gasteiger partial charge < -0.3 is 5.11 Å². The first-order valence-electron chi connectivity index (χ1n) is 12.2. The number of anilines is 1. The van der Waals surface area contributed by atoms with E-state index in [1.165, 1.54) is 74.5 Å². The van der Waals surface area contributed by atoms with Gasteiger partial charge in [-0.05, 0) is 88.2 Å². The predicted octanol–water partition coefficient (Wildman–Crippen LogP) is 5.35. The molecule has 0 saturated heterocycles. The second-order valence-corrected chi connectivity index (χ2v) is 15.4. The molecule has 4 aromatic carbocycles. The van der Waals surface area contributed by atoms with Crippen molar-refractivity contribution in [2.24, 2.45) is 0 Å². The highest BCUT2D eigenvalue weighted by atomic mass is 32.3. The van der Waals surface area contributed by atoms with Crippen LogP contribution in [0.25, 0.3) is 0 Å². The first-order valence-corrected chi connectivity index (χ1v) is 16.5. The Kier molecular flexibility index (Phi) is 7.61. The summed E-state index contributed by atoms with van der Waals surface area (Å²) in [6, 6.07) is 18.1. The largest absolute Gasteiger partial charge is 0.506 e. The van der Waals surface area contributed by atoms with Gasteiger partial charge in [0.1, 0.15) is 10.6 Å². The highest BCUT2D eigenvalue weighted by Gasteiger charge is 2.40. The summed E-state index contributed by atoms with van der Waals surface area (Å²) in [6.45, 7) is 8.12. The highest BCUT2D eigenvalue weighted by Crippen LogP contribution is 2.42. The fourth-order valence-electron chi connectivity index (χ4n) is 4.09. The Labute approximate surface area is 235 Å². The van der Waals surface area contributed by atoms with Crippen molar-refractivity contribution in [3.8, 4) is 5.75 Å². The maximum atomic E-state index is 14.1. The molecule has 210 valence electrons. The molecule has 0 heterocycles. The van der Waals surface area contributed by atoms with Crippen molar-refractivity contribution in [3.63, 3.8) is 0 Å². The summed E-state index contributed by atoms with van der Waals surface area (Å²) < 4.78 is 83.9. The minimum absolute atomic E-state index is 0.0198. The summed E-state index contributed by atoms with van der Waals surface area (Å²) in [5.41, 5.74) is 2.01. The first kappa shape index (κ1) is 29.3. The van der Waals surface area contributed by atoms with Gasteiger partial charge in [0, 0.05) is 0 Å². The van der Waals surface area contributed by atoms with Crippen molar-refractivity contribution in [3.05, 3.63) is 107 Å². The molecule has 0 unspecified atom stereocenters. The molecule has 8 nitrogen and oxygen atoms in total. The maximum absolute atomic E-state index is 14.1. The normalized spacial score (nSPS) is 12.3. The van der Waals surface area contributed by atoms with Crippen molar-refractivity contribution in [2.45, 2.75) is 54.2 Å². The van der Waals surface area contributed by atoms with E-state index in [9.17, 15) is 30.4 Å². The molecule has 0 radical (unpaired) electrons. The van der Waals surface area contributed by atoms with Crippen LogP contribution in [0, 0.1) is 34.6 Å². The van der Waals surface area contributed by atoms with Crippen LogP contribution < -0.4 is 3.71 Å². The molecule has 0 saturated carbocycles. The zero-order chi connectivity index (χ0) is 29.6. The summed E-state index contributed by atoms with van der Waals surface area (Å²) in [5.74, 6) is -0.595. The Morgan fingerprint density at radius 1 is 0.525 bits per heavy atom. The summed E-state index contributed by atoms with van der Waals surface area (Å²) in [6.07, 6.45) is 0. The number of phenolic OH excluding ortho intramolecular Hbond substituents is 1. The van der Waals surface area contributed by atoms with Crippen LogP contribution in [0.1, 0.15) is 27.8 Å². The number of aromatic hydroxyl groups is 1. The van der Waals surface area contributed by atoms with Gasteiger partial charge in [-0.25, -0.2) is 25.3 Å². The Bertz CT molecular complexity index is 1840. The van der Waals surface area contributed by atoms with E-state index in [1.54, 1.807) is 32.9 Å². The Morgan fingerprint density at radius 3 is 1.25 bits per heavy atom. The molecule has 0 bridgehead atoms. The SMILES string of the molecule is Cc1ccc(S(=O)(=O)c2cc(N(S(=O)(=O)c3ccc(C)cc3)S(=O)(=O)c3ccc(C)cc3)c(C)c(C)c2O)cc1. The van der Waals surface area contributed by atoms with Crippen molar-refractivity contribution < 1.29 is 30.4 Å². The molecule has 1 N–H and O–H groups in total. The van der Waals surface area contributed by atoms with Crippen LogP contribution in [0.15, 0.2) is 98.4 Å². The van der Waals surface area contributed by atoms with Crippen molar-refractivity contribution in [1.82, 2.24) is 0 Å². The van der Waals surface area contributed by atoms with Gasteiger partial charge in [0.05, 0.1) is 20.4 Å². The number of nitrogens with zero attached hydrogens (tertiary/aromatic N) is 1. The lowest BCUT2D eigenvalue weighted by Gasteiger charge is -2.27. The molecule has 0 spiro atoms. The Balaban J connectivity index is 2.08. The van der Waals surface area contributed by atoms with Crippen LogP contribution in [-0.4, -0.2) is 30.4 Å². The fraction of sp³-hybridized carbons (Fsp3) is 0.172. The molecule has 11 heteroatoms. The van der Waals surface area contributed by atoms with Gasteiger partial charge in [-0.1, -0.05) is 53.1 Å². The average molecular weight is 600 g/mol. The molecule has 0 fully saturated rings. The van der Waals surface area contributed by atoms with Crippen LogP contribution in [0.4, 0.5) is 5.69 Å². The standard InChI is InChI=1S/C29H29NO7S3/c1-19-6-12-24(13-7-19)38(32,33)28-18-27(22(4)23(5)29(28)31)30(39(34,35)25-14-8-20(2)9-15-25)40(36,37)26-16-10-21(3)11-17-26/h6-18,31H,1-5H3. The van der Waals surface area contributed by atoms with Gasteiger partial charge in [-0.3, -0.25) is 0 Å². The van der Waals surface area contributed by atoms with E-state index in [0.29, 0.717) is 0 Å². The minimum atomic E-state index is -4.80. The van der Waals surface area contributed by atoms with Gasteiger partial charge >= 0.3 is 0 Å². The molecule has 0 atom stereocenters. The number of rotatable bonds is 7. The van der Waals surface area contributed by atoms with E-state index in [2.05, 4.69) is 0 Å². The summed E-state index contributed by atoms with van der Waals surface area (Å²) in [5, 5.41) is 10.9. The van der Waals surface area contributed by atoms with E-state index in [-0.39, 0.29) is 29.5 Å². The number of hydrogen-bond acceptors (Lipinski definition) is 7. The van der Waals surface area contributed by atoms with Crippen LogP contribution in [0.5, 0.6) is 5.75 Å². The number of phenols is 1. The number of aryl methyl sites for hydroxylation is 3. The van der Waals surface area contributed by atoms with Crippen molar-refractivity contribution >= 4 is 35.6 Å². The monoisotopic (exact) mass is 599 g/mol. The smallest absolute Gasteiger partial charge is 0.277 e. The number of hydrogen-bond donors (Lipinski definition) is 1. The first-order chi connectivity index (χ1) is 18.6. The average Bonchev–Trinajstić information content (AvgIpc) is 2.89. The number of sulfone groups is 1. The zero-order valence-corrected chi connectivity index (χ0v) is 25.0. The molecule has 4 rings (SSSR count). The second-order valence-electron chi connectivity index (χ2n) is 9.64. The molecule has 40 heavy (non-hydrogen) atoms. The lowest BCUT2D eigenvalue weighted by molar-refractivity contribution is 0.454. The van der Waals surface area contributed by atoms with Gasteiger partial charge in [0.2, 0.25) is 9.84 Å². The second kappa shape index (κ2) is 10.4. The predicted molar refractivity (Wildman–Crippen MR) is 153 cm³/mol. The van der Waals surface area contributed by atoms with Crippen molar-refractivity contribution in [1.29, 1.82) is 0 Å². The van der Waals surface area contributed by atoms with Gasteiger partial charge in [-0.2, -0.15) is 3.71 Å². The van der Waals surface area contributed by atoms with Gasteiger partial charge in [0.25, 0.3) is 20.0 Å². The highest BCUT2D eigenvalue weighted by molar-refractivity contribution is 8.10. The zero-order valence-electron chi connectivity index (χ0n) is 22.6. The van der Waals surface area contributed by atoms with Crippen LogP contribution >= 0.6 is 0 Å². The quantitative estimate of drug-likeness (QED) is 0.303. The van der Waals surface area contributed by atoms with E-state index < -0.39 is 46.2 Å². The molecule has 0 amide bonds. The fourth-order valence-corrected chi connectivity index (χ4v) is 9.31. The van der Waals surface area contributed by atoms with Gasteiger partial charge in [-0.15, -0.1) is 0 Å². The van der Waals surface area contributed by atoms with E-state index in [0.717, 1.165) is 22.8 Å². The topological polar surface area (TPSA) is 126 Å². The van der Waals surface area contributed by atoms with Crippen molar-refractivity contribution in [2.75, 3.05) is 3.71 Å². The molecule has 0 aromatic heterocycles. The lowest BCUT2D eigenvalue weighted by Crippen LogP contribution is -2.37. The third-order valence-corrected chi connectivity index (χ3v) is 12.7. The summed E-state index contributed by atoms with van der Waals surface area (Å²) in [4.78, 5) is -1.36. The summed E-state index contributed by atoms with van der Waals surface area (Å²) in [7, 11) is -14.0. The van der Waals surface area contributed by atoms with Crippen LogP contribution in [-0.2, 0) is 29.9 Å². The van der Waals surface area contributed by atoms with Crippen LogP contribution in [0.2, 0.25) is 0 Å². The number of sulfonamides is 2. The summed E-state index contributed by atoms with van der Waals surface area (Å²) >= 11 is 0. The minimum Gasteiger partial charge on any atom is -0.506 e. The van der Waals surface area contributed by atoms with Gasteiger partial charge in [0.15, 0.2) is 0 Å². The molecule has 0 aliphatic heterocycles. The van der Waals surface area contributed by atoms with E-state index in [1.807, 2.05) is 0 Å². The third kappa shape index (κ3) is 5.12. The van der Waals surface area contributed by atoms with E-state index in [4.69, 9.17) is 0 Å². The molecule has 4 aromatic rings. The lowest BCUT2D eigenvalue weighted by atomic mass is 10.1.